The Morgan fingerprint density at radius 3 is 3.00 bits per heavy atom. The summed E-state index contributed by atoms with van der Waals surface area (Å²) in [5.74, 6) is 2.61. The van der Waals surface area contributed by atoms with Crippen LogP contribution >= 0.6 is 56.9 Å². The highest BCUT2D eigenvalue weighted by Crippen LogP contribution is 2.21. The number of ether oxygens (including phenoxy) is 1. The number of halogens is 2. The SMILES string of the molecule is O=c1[nH]cc(CSCC(I)Oc2cccc(I)c2)o1. The lowest BCUT2D eigenvalue weighted by atomic mass is 10.3. The van der Waals surface area contributed by atoms with Gasteiger partial charge in [0.25, 0.3) is 0 Å². The number of H-pyrrole nitrogens is 1. The molecule has 7 heteroatoms. The first-order valence-electron chi connectivity index (χ1n) is 5.45. The highest BCUT2D eigenvalue weighted by molar-refractivity contribution is 14.1. The zero-order valence-electron chi connectivity index (χ0n) is 9.77. The van der Waals surface area contributed by atoms with Gasteiger partial charge in [0.2, 0.25) is 0 Å². The molecule has 0 aliphatic heterocycles. The maximum atomic E-state index is 10.8. The van der Waals surface area contributed by atoms with Crippen LogP contribution in [0.25, 0.3) is 0 Å². The Labute approximate surface area is 142 Å². The molecule has 0 saturated heterocycles. The molecule has 0 amide bonds. The second-order valence-electron chi connectivity index (χ2n) is 3.64. The first kappa shape index (κ1) is 15.2. The Kier molecular flexibility index (Phi) is 6.07. The maximum Gasteiger partial charge on any atom is 0.416 e. The second kappa shape index (κ2) is 7.58. The molecule has 1 aromatic carbocycles. The highest BCUT2D eigenvalue weighted by atomic mass is 127. The molecule has 19 heavy (non-hydrogen) atoms. The number of rotatable bonds is 6. The summed E-state index contributed by atoms with van der Waals surface area (Å²) < 4.78 is 12.0. The van der Waals surface area contributed by atoms with E-state index in [1.165, 1.54) is 0 Å². The molecule has 2 rings (SSSR count). The normalized spacial score (nSPS) is 12.3. The molecule has 1 N–H and O–H groups in total. The molecule has 0 saturated carbocycles. The molecule has 0 aliphatic carbocycles. The smallest absolute Gasteiger partial charge is 0.416 e. The summed E-state index contributed by atoms with van der Waals surface area (Å²) in [4.78, 5) is 13.3. The Morgan fingerprint density at radius 1 is 1.47 bits per heavy atom. The fraction of sp³-hybridized carbons (Fsp3) is 0.250. The number of thioether (sulfide) groups is 1. The van der Waals surface area contributed by atoms with Crippen molar-refractivity contribution in [3.8, 4) is 5.75 Å². The van der Waals surface area contributed by atoms with Gasteiger partial charge in [-0.05, 0) is 63.4 Å². The molecule has 0 radical (unpaired) electrons. The predicted molar refractivity (Wildman–Crippen MR) is 93.1 cm³/mol. The number of aromatic nitrogens is 1. The average Bonchev–Trinajstić information content (AvgIpc) is 2.75. The molecule has 1 heterocycles. The zero-order valence-corrected chi connectivity index (χ0v) is 14.9. The quantitative estimate of drug-likeness (QED) is 0.484. The summed E-state index contributed by atoms with van der Waals surface area (Å²) in [7, 11) is 0. The minimum atomic E-state index is -0.406. The number of oxazole rings is 1. The topological polar surface area (TPSA) is 55.2 Å². The summed E-state index contributed by atoms with van der Waals surface area (Å²) in [6.45, 7) is 0. The Morgan fingerprint density at radius 2 is 2.32 bits per heavy atom. The number of nitrogens with one attached hydrogen (secondary N) is 1. The van der Waals surface area contributed by atoms with Gasteiger partial charge in [0.15, 0.2) is 4.11 Å². The van der Waals surface area contributed by atoms with Gasteiger partial charge >= 0.3 is 5.76 Å². The van der Waals surface area contributed by atoms with Crippen LogP contribution in [0.4, 0.5) is 0 Å². The van der Waals surface area contributed by atoms with E-state index >= 15 is 0 Å². The fourth-order valence-corrected chi connectivity index (χ4v) is 3.65. The Hall–Kier alpha value is -0.160. The summed E-state index contributed by atoms with van der Waals surface area (Å²) in [5, 5.41) is 0. The number of alkyl halides is 1. The minimum Gasteiger partial charge on any atom is -0.479 e. The molecule has 0 spiro atoms. The molecule has 0 bridgehead atoms. The van der Waals surface area contributed by atoms with Gasteiger partial charge in [-0.15, -0.1) is 11.8 Å². The molecule has 1 aromatic heterocycles. The van der Waals surface area contributed by atoms with E-state index in [0.29, 0.717) is 11.5 Å². The van der Waals surface area contributed by atoms with E-state index in [1.807, 2.05) is 24.3 Å². The van der Waals surface area contributed by atoms with Crippen LogP contribution in [0.15, 0.2) is 39.7 Å². The lowest BCUT2D eigenvalue weighted by Crippen LogP contribution is -2.11. The number of aromatic amines is 1. The molecule has 0 fully saturated rings. The van der Waals surface area contributed by atoms with E-state index in [0.717, 1.165) is 15.1 Å². The number of hydrogen-bond acceptors (Lipinski definition) is 4. The van der Waals surface area contributed by atoms with Crippen LogP contribution in [0.5, 0.6) is 5.75 Å². The molecule has 102 valence electrons. The van der Waals surface area contributed by atoms with Crippen molar-refractivity contribution in [1.29, 1.82) is 0 Å². The van der Waals surface area contributed by atoms with E-state index in [9.17, 15) is 4.79 Å². The third kappa shape index (κ3) is 5.38. The van der Waals surface area contributed by atoms with Crippen molar-refractivity contribution in [2.75, 3.05) is 5.75 Å². The lowest BCUT2D eigenvalue weighted by Gasteiger charge is -2.12. The first-order valence-corrected chi connectivity index (χ1v) is 8.93. The van der Waals surface area contributed by atoms with Gasteiger partial charge in [0, 0.05) is 15.5 Å². The van der Waals surface area contributed by atoms with Crippen LogP contribution in [0.2, 0.25) is 0 Å². The van der Waals surface area contributed by atoms with Crippen molar-refractivity contribution in [3.05, 3.63) is 50.3 Å². The molecule has 1 unspecified atom stereocenters. The summed E-state index contributed by atoms with van der Waals surface area (Å²) in [6.07, 6.45) is 1.60. The van der Waals surface area contributed by atoms with E-state index in [-0.39, 0.29) is 4.11 Å². The summed E-state index contributed by atoms with van der Waals surface area (Å²) in [6, 6.07) is 7.95. The fourth-order valence-electron chi connectivity index (χ4n) is 1.36. The Balaban J connectivity index is 1.75. The van der Waals surface area contributed by atoms with Crippen molar-refractivity contribution in [2.45, 2.75) is 9.86 Å². The van der Waals surface area contributed by atoms with Crippen molar-refractivity contribution in [2.24, 2.45) is 0 Å². The van der Waals surface area contributed by atoms with Crippen molar-refractivity contribution in [3.63, 3.8) is 0 Å². The number of hydrogen-bond donors (Lipinski definition) is 1. The standard InChI is InChI=1S/C12H11I2NO3S/c13-8-2-1-3-9(4-8)17-11(14)7-19-6-10-5-15-12(16)18-10/h1-5,11H,6-7H2,(H,15,16). The molecular formula is C12H11I2NO3S. The van der Waals surface area contributed by atoms with Gasteiger partial charge in [0.1, 0.15) is 11.5 Å². The largest absolute Gasteiger partial charge is 0.479 e. The van der Waals surface area contributed by atoms with Crippen molar-refractivity contribution in [1.82, 2.24) is 4.98 Å². The van der Waals surface area contributed by atoms with Crippen LogP contribution in [0, 0.1) is 3.57 Å². The summed E-state index contributed by atoms with van der Waals surface area (Å²) >= 11 is 6.18. The van der Waals surface area contributed by atoms with Crippen LogP contribution in [-0.2, 0) is 5.75 Å². The zero-order chi connectivity index (χ0) is 13.7. The van der Waals surface area contributed by atoms with Crippen molar-refractivity contribution < 1.29 is 9.15 Å². The Bertz CT molecular complexity index is 584. The van der Waals surface area contributed by atoms with E-state index < -0.39 is 5.76 Å². The van der Waals surface area contributed by atoms with E-state index in [1.54, 1.807) is 18.0 Å². The molecule has 4 nitrogen and oxygen atoms in total. The molecule has 2 aromatic rings. The second-order valence-corrected chi connectivity index (χ2v) is 7.31. The van der Waals surface area contributed by atoms with Gasteiger partial charge < -0.3 is 9.15 Å². The monoisotopic (exact) mass is 503 g/mol. The first-order chi connectivity index (χ1) is 9.13. The molecular weight excluding hydrogens is 492 g/mol. The van der Waals surface area contributed by atoms with Gasteiger partial charge in [-0.3, -0.25) is 4.98 Å². The van der Waals surface area contributed by atoms with Crippen molar-refractivity contribution >= 4 is 56.9 Å². The van der Waals surface area contributed by atoms with Crippen LogP contribution in [0.3, 0.4) is 0 Å². The van der Waals surface area contributed by atoms with Crippen LogP contribution in [0.1, 0.15) is 5.76 Å². The predicted octanol–water partition coefficient (Wildman–Crippen LogP) is 3.65. The highest BCUT2D eigenvalue weighted by Gasteiger charge is 2.07. The third-order valence-electron chi connectivity index (χ3n) is 2.13. The maximum absolute atomic E-state index is 10.8. The van der Waals surface area contributed by atoms with Crippen LogP contribution < -0.4 is 10.5 Å². The van der Waals surface area contributed by atoms with Crippen LogP contribution in [-0.4, -0.2) is 14.8 Å². The number of benzene rings is 1. The summed E-state index contributed by atoms with van der Waals surface area (Å²) in [5.41, 5.74) is 0. The van der Waals surface area contributed by atoms with E-state index in [2.05, 4.69) is 50.2 Å². The van der Waals surface area contributed by atoms with Gasteiger partial charge in [-0.1, -0.05) is 6.07 Å². The molecule has 1 atom stereocenters. The average molecular weight is 503 g/mol. The van der Waals surface area contributed by atoms with Gasteiger partial charge in [-0.2, -0.15) is 0 Å². The van der Waals surface area contributed by atoms with Gasteiger partial charge in [0.05, 0.1) is 5.75 Å². The lowest BCUT2D eigenvalue weighted by molar-refractivity contribution is 0.326. The van der Waals surface area contributed by atoms with Gasteiger partial charge in [-0.25, -0.2) is 4.79 Å². The molecule has 0 aliphatic rings. The van der Waals surface area contributed by atoms with E-state index in [4.69, 9.17) is 9.15 Å². The third-order valence-corrected chi connectivity index (χ3v) is 5.12. The minimum absolute atomic E-state index is 0.0754.